The Bertz CT molecular complexity index is 1320. The van der Waals surface area contributed by atoms with E-state index >= 15 is 0 Å². The summed E-state index contributed by atoms with van der Waals surface area (Å²) in [6.45, 7) is 3.14. The quantitative estimate of drug-likeness (QED) is 0.528. The Morgan fingerprint density at radius 3 is 2.26 bits per heavy atom. The molecule has 2 aliphatic heterocycles. The van der Waals surface area contributed by atoms with E-state index in [2.05, 4.69) is 5.32 Å². The number of nitrogens with one attached hydrogen (secondary N) is 1. The van der Waals surface area contributed by atoms with Gasteiger partial charge in [0.25, 0.3) is 11.8 Å². The first kappa shape index (κ1) is 25.9. The van der Waals surface area contributed by atoms with Crippen LogP contribution in [-0.2, 0) is 16.1 Å². The molecule has 38 heavy (non-hydrogen) atoms. The van der Waals surface area contributed by atoms with Crippen LogP contribution in [0.3, 0.4) is 0 Å². The fourth-order valence-electron chi connectivity index (χ4n) is 5.25. The minimum absolute atomic E-state index is 0.0940. The summed E-state index contributed by atoms with van der Waals surface area (Å²) in [6.07, 6.45) is 0.818. The van der Waals surface area contributed by atoms with Crippen molar-refractivity contribution in [3.05, 3.63) is 106 Å². The van der Waals surface area contributed by atoms with E-state index in [1.165, 1.54) is 0 Å². The highest BCUT2D eigenvalue weighted by Crippen LogP contribution is 2.39. The lowest BCUT2D eigenvalue weighted by Crippen LogP contribution is -2.59. The van der Waals surface area contributed by atoms with Crippen LogP contribution in [0.15, 0.2) is 78.9 Å². The van der Waals surface area contributed by atoms with E-state index in [1.807, 2.05) is 55.5 Å². The van der Waals surface area contributed by atoms with E-state index in [1.54, 1.807) is 40.1 Å². The maximum atomic E-state index is 14.0. The third-order valence-electron chi connectivity index (χ3n) is 7.39. The number of nitrogens with zero attached hydrogens (tertiary/aromatic N) is 2. The minimum Gasteiger partial charge on any atom is -0.353 e. The SMILES string of the molecule is Cc1ccccc1C(=O)N1[C@@H](C(=O)NCc2ccccc2)COC12CCN(C(=O)c1ccc(Cl)cc1)CC2. The number of hydrogen-bond acceptors (Lipinski definition) is 4. The monoisotopic (exact) mass is 531 g/mol. The van der Waals surface area contributed by atoms with Crippen LogP contribution in [0.2, 0.25) is 5.02 Å². The molecule has 3 aromatic rings. The molecule has 0 aliphatic carbocycles. The normalized spacial score (nSPS) is 18.4. The van der Waals surface area contributed by atoms with Crippen LogP contribution in [0, 0.1) is 6.92 Å². The Labute approximate surface area is 227 Å². The molecule has 7 nitrogen and oxygen atoms in total. The zero-order valence-corrected chi connectivity index (χ0v) is 22.0. The lowest BCUT2D eigenvalue weighted by atomic mass is 9.95. The van der Waals surface area contributed by atoms with Gasteiger partial charge in [0.15, 0.2) is 0 Å². The smallest absolute Gasteiger partial charge is 0.257 e. The first-order chi connectivity index (χ1) is 18.4. The standard InChI is InChI=1S/C30H30ClN3O4/c1-21-7-5-6-10-25(21)29(37)34-26(27(35)32-19-22-8-3-2-4-9-22)20-38-30(34)15-17-33(18-16-30)28(36)23-11-13-24(31)14-12-23/h2-14,26H,15-20H2,1H3,(H,32,35)/t26-/m1/s1. The van der Waals surface area contributed by atoms with Crippen LogP contribution in [-0.4, -0.2) is 59.0 Å². The van der Waals surface area contributed by atoms with Gasteiger partial charge in [0.1, 0.15) is 11.8 Å². The van der Waals surface area contributed by atoms with Crippen molar-refractivity contribution < 1.29 is 19.1 Å². The van der Waals surface area contributed by atoms with E-state index in [0.29, 0.717) is 48.6 Å². The second-order valence-electron chi connectivity index (χ2n) is 9.77. The summed E-state index contributed by atoms with van der Waals surface area (Å²) in [6, 6.07) is 23.0. The van der Waals surface area contributed by atoms with E-state index in [4.69, 9.17) is 16.3 Å². The highest BCUT2D eigenvalue weighted by Gasteiger charge is 2.54. The molecule has 1 atom stereocenters. The van der Waals surface area contributed by atoms with Crippen molar-refractivity contribution in [2.24, 2.45) is 0 Å². The van der Waals surface area contributed by atoms with Crippen molar-refractivity contribution in [2.75, 3.05) is 19.7 Å². The molecular weight excluding hydrogens is 502 g/mol. The van der Waals surface area contributed by atoms with Crippen molar-refractivity contribution in [3.8, 4) is 0 Å². The number of halogens is 1. The number of carbonyl (C=O) groups is 3. The topological polar surface area (TPSA) is 79.0 Å². The lowest BCUT2D eigenvalue weighted by molar-refractivity contribution is -0.128. The number of likely N-dealkylation sites (tertiary alicyclic amines) is 1. The van der Waals surface area contributed by atoms with Crippen molar-refractivity contribution in [1.82, 2.24) is 15.1 Å². The third kappa shape index (κ3) is 5.17. The van der Waals surface area contributed by atoms with E-state index in [9.17, 15) is 14.4 Å². The Morgan fingerprint density at radius 2 is 1.58 bits per heavy atom. The van der Waals surface area contributed by atoms with Crippen molar-refractivity contribution in [1.29, 1.82) is 0 Å². The molecule has 196 valence electrons. The Kier molecular flexibility index (Phi) is 7.49. The maximum absolute atomic E-state index is 14.0. The van der Waals surface area contributed by atoms with Crippen LogP contribution in [0.1, 0.15) is 44.7 Å². The fourth-order valence-corrected chi connectivity index (χ4v) is 5.37. The van der Waals surface area contributed by atoms with Gasteiger partial charge in [-0.25, -0.2) is 0 Å². The van der Waals surface area contributed by atoms with E-state index in [0.717, 1.165) is 11.1 Å². The van der Waals surface area contributed by atoms with Crippen LogP contribution < -0.4 is 5.32 Å². The largest absolute Gasteiger partial charge is 0.353 e. The molecule has 2 aliphatic rings. The maximum Gasteiger partial charge on any atom is 0.257 e. The molecule has 0 unspecified atom stereocenters. The predicted octanol–water partition coefficient (Wildman–Crippen LogP) is 4.44. The van der Waals surface area contributed by atoms with Gasteiger partial charge in [-0.3, -0.25) is 19.3 Å². The predicted molar refractivity (Wildman–Crippen MR) is 145 cm³/mol. The molecule has 2 fully saturated rings. The molecule has 8 heteroatoms. The third-order valence-corrected chi connectivity index (χ3v) is 7.64. The molecule has 0 aromatic heterocycles. The highest BCUT2D eigenvalue weighted by atomic mass is 35.5. The average molecular weight is 532 g/mol. The molecule has 0 radical (unpaired) electrons. The summed E-state index contributed by atoms with van der Waals surface area (Å²) in [5, 5.41) is 3.55. The molecule has 1 N–H and O–H groups in total. The number of piperidine rings is 1. The molecule has 0 bridgehead atoms. The molecule has 2 heterocycles. The van der Waals surface area contributed by atoms with Gasteiger partial charge >= 0.3 is 0 Å². The summed E-state index contributed by atoms with van der Waals surface area (Å²) < 4.78 is 6.30. The number of benzene rings is 3. The summed E-state index contributed by atoms with van der Waals surface area (Å²) >= 11 is 5.98. The Balaban J connectivity index is 1.37. The Morgan fingerprint density at radius 1 is 0.921 bits per heavy atom. The van der Waals surface area contributed by atoms with Crippen LogP contribution in [0.4, 0.5) is 0 Å². The number of hydrogen-bond donors (Lipinski definition) is 1. The number of rotatable bonds is 5. The Hall–Kier alpha value is -3.68. The van der Waals surface area contributed by atoms with Gasteiger partial charge in [0, 0.05) is 48.6 Å². The van der Waals surface area contributed by atoms with Gasteiger partial charge in [-0.15, -0.1) is 0 Å². The van der Waals surface area contributed by atoms with Gasteiger partial charge in [-0.2, -0.15) is 0 Å². The van der Waals surface area contributed by atoms with Gasteiger partial charge in [0.2, 0.25) is 5.91 Å². The van der Waals surface area contributed by atoms with Crippen LogP contribution >= 0.6 is 11.6 Å². The summed E-state index contributed by atoms with van der Waals surface area (Å²) in [5.74, 6) is -0.589. The van der Waals surface area contributed by atoms with Gasteiger partial charge < -0.3 is 15.0 Å². The average Bonchev–Trinajstić information content (AvgIpc) is 3.31. The van der Waals surface area contributed by atoms with Crippen LogP contribution in [0.5, 0.6) is 0 Å². The first-order valence-corrected chi connectivity index (χ1v) is 13.2. The number of ether oxygens (including phenoxy) is 1. The molecule has 2 saturated heterocycles. The zero-order valence-electron chi connectivity index (χ0n) is 21.2. The first-order valence-electron chi connectivity index (χ1n) is 12.8. The van der Waals surface area contributed by atoms with Gasteiger partial charge in [-0.05, 0) is 48.4 Å². The zero-order chi connectivity index (χ0) is 26.7. The number of carbonyl (C=O) groups excluding carboxylic acids is 3. The van der Waals surface area contributed by atoms with E-state index in [-0.39, 0.29) is 24.3 Å². The fraction of sp³-hybridized carbons (Fsp3) is 0.300. The van der Waals surface area contributed by atoms with Crippen molar-refractivity contribution in [2.45, 2.75) is 38.1 Å². The second-order valence-corrected chi connectivity index (χ2v) is 10.2. The summed E-state index contributed by atoms with van der Waals surface area (Å²) in [4.78, 5) is 43.8. The van der Waals surface area contributed by atoms with E-state index < -0.39 is 11.8 Å². The molecule has 5 rings (SSSR count). The van der Waals surface area contributed by atoms with Crippen molar-refractivity contribution in [3.63, 3.8) is 0 Å². The molecule has 0 saturated carbocycles. The van der Waals surface area contributed by atoms with Gasteiger partial charge in [-0.1, -0.05) is 60.1 Å². The number of amides is 3. The molecule has 3 amide bonds. The lowest BCUT2D eigenvalue weighted by Gasteiger charge is -2.44. The summed E-state index contributed by atoms with van der Waals surface area (Å²) in [5.41, 5.74) is 1.94. The number of aryl methyl sites for hydroxylation is 1. The summed E-state index contributed by atoms with van der Waals surface area (Å²) in [7, 11) is 0. The minimum atomic E-state index is -0.967. The van der Waals surface area contributed by atoms with Crippen molar-refractivity contribution >= 4 is 29.3 Å². The van der Waals surface area contributed by atoms with Gasteiger partial charge in [0.05, 0.1) is 6.61 Å². The molecule has 1 spiro atoms. The highest BCUT2D eigenvalue weighted by molar-refractivity contribution is 6.30. The molecule has 3 aromatic carbocycles. The van der Waals surface area contributed by atoms with Crippen LogP contribution in [0.25, 0.3) is 0 Å². The second kappa shape index (κ2) is 11.0. The molecular formula is C30H30ClN3O4.